The van der Waals surface area contributed by atoms with Crippen molar-refractivity contribution in [1.29, 1.82) is 0 Å². The molecule has 1 heterocycles. The van der Waals surface area contributed by atoms with Gasteiger partial charge in [0.05, 0.1) is 11.0 Å². The molecule has 1 saturated carbocycles. The first-order valence-corrected chi connectivity index (χ1v) is 10.1. The molecule has 29 heavy (non-hydrogen) atoms. The van der Waals surface area contributed by atoms with Gasteiger partial charge in [-0.3, -0.25) is 14.9 Å². The van der Waals surface area contributed by atoms with E-state index >= 15 is 0 Å². The number of nitrogens with one attached hydrogen (secondary N) is 1. The molecule has 1 N–H and O–H groups in total. The fourth-order valence-electron chi connectivity index (χ4n) is 3.96. The number of nitrogens with zero attached hydrogens (tertiary/aromatic N) is 2. The van der Waals surface area contributed by atoms with Gasteiger partial charge in [0.15, 0.2) is 12.4 Å². The fraction of sp³-hybridized carbons (Fsp3) is 0.348. The van der Waals surface area contributed by atoms with Crippen molar-refractivity contribution in [2.75, 3.05) is 11.9 Å². The number of carbonyl (C=O) groups excluding carboxylic acids is 2. The standard InChI is InChI=1S/C23H25N3O3/c1-16(27)17-8-7-11-19(14-17)29-15-22(28)25-23-24-20-12-5-6-13-21(20)26(23)18-9-3-2-4-10-18/h5-8,11-14,18H,2-4,9-10,15H2,1H3,(H,24,25,28). The van der Waals surface area contributed by atoms with Gasteiger partial charge in [-0.25, -0.2) is 4.98 Å². The lowest BCUT2D eigenvalue weighted by molar-refractivity contribution is -0.118. The molecular weight excluding hydrogens is 366 g/mol. The fourth-order valence-corrected chi connectivity index (χ4v) is 3.96. The Hall–Kier alpha value is -3.15. The van der Waals surface area contributed by atoms with Gasteiger partial charge in [-0.2, -0.15) is 0 Å². The van der Waals surface area contributed by atoms with Crippen molar-refractivity contribution in [3.05, 3.63) is 54.1 Å². The molecule has 1 amide bonds. The lowest BCUT2D eigenvalue weighted by atomic mass is 9.95. The predicted octanol–water partition coefficient (Wildman–Crippen LogP) is 4.76. The van der Waals surface area contributed by atoms with Crippen LogP contribution in [0.25, 0.3) is 11.0 Å². The van der Waals surface area contributed by atoms with Gasteiger partial charge in [0.2, 0.25) is 5.95 Å². The van der Waals surface area contributed by atoms with Gasteiger partial charge in [0, 0.05) is 11.6 Å². The molecule has 150 valence electrons. The minimum atomic E-state index is -0.273. The third-order valence-corrected chi connectivity index (χ3v) is 5.40. The molecule has 1 fully saturated rings. The number of para-hydroxylation sites is 2. The van der Waals surface area contributed by atoms with E-state index in [2.05, 4.69) is 20.9 Å². The van der Waals surface area contributed by atoms with Crippen LogP contribution in [0.2, 0.25) is 0 Å². The molecule has 0 saturated heterocycles. The summed E-state index contributed by atoms with van der Waals surface area (Å²) < 4.78 is 7.76. The monoisotopic (exact) mass is 391 g/mol. The second-order valence-electron chi connectivity index (χ2n) is 7.51. The molecule has 6 nitrogen and oxygen atoms in total. The lowest BCUT2D eigenvalue weighted by Crippen LogP contribution is -2.24. The molecule has 6 heteroatoms. The smallest absolute Gasteiger partial charge is 0.264 e. The number of hydrogen-bond donors (Lipinski definition) is 1. The molecule has 1 aliphatic carbocycles. The highest BCUT2D eigenvalue weighted by atomic mass is 16.5. The number of imidazole rings is 1. The third-order valence-electron chi connectivity index (χ3n) is 5.40. The zero-order chi connectivity index (χ0) is 20.2. The van der Waals surface area contributed by atoms with Gasteiger partial charge in [-0.15, -0.1) is 0 Å². The van der Waals surface area contributed by atoms with Crippen LogP contribution < -0.4 is 10.1 Å². The molecule has 3 aromatic rings. The van der Waals surface area contributed by atoms with Crippen LogP contribution >= 0.6 is 0 Å². The summed E-state index contributed by atoms with van der Waals surface area (Å²) in [7, 11) is 0. The van der Waals surface area contributed by atoms with E-state index in [4.69, 9.17) is 4.74 Å². The van der Waals surface area contributed by atoms with Crippen LogP contribution in [0.4, 0.5) is 5.95 Å². The number of rotatable bonds is 6. The molecule has 0 bridgehead atoms. The number of benzene rings is 2. The molecule has 0 spiro atoms. The van der Waals surface area contributed by atoms with Gasteiger partial charge in [-0.05, 0) is 44.0 Å². The van der Waals surface area contributed by atoms with Crippen molar-refractivity contribution >= 4 is 28.7 Å². The number of hydrogen-bond acceptors (Lipinski definition) is 4. The maximum atomic E-state index is 12.6. The molecule has 0 aliphatic heterocycles. The summed E-state index contributed by atoms with van der Waals surface area (Å²) in [4.78, 5) is 28.7. The highest BCUT2D eigenvalue weighted by Crippen LogP contribution is 2.34. The first-order valence-electron chi connectivity index (χ1n) is 10.1. The van der Waals surface area contributed by atoms with Crippen LogP contribution in [0.1, 0.15) is 55.4 Å². The van der Waals surface area contributed by atoms with E-state index in [1.165, 1.54) is 26.2 Å². The Balaban J connectivity index is 1.50. The van der Waals surface area contributed by atoms with E-state index in [9.17, 15) is 9.59 Å². The topological polar surface area (TPSA) is 73.2 Å². The van der Waals surface area contributed by atoms with Crippen molar-refractivity contribution in [1.82, 2.24) is 9.55 Å². The molecule has 0 radical (unpaired) electrons. The van der Waals surface area contributed by atoms with Crippen molar-refractivity contribution in [2.24, 2.45) is 0 Å². The summed E-state index contributed by atoms with van der Waals surface area (Å²) in [5.41, 5.74) is 2.48. The molecule has 4 rings (SSSR count). The number of aromatic nitrogens is 2. The number of anilines is 1. The van der Waals surface area contributed by atoms with Gasteiger partial charge < -0.3 is 9.30 Å². The summed E-state index contributed by atoms with van der Waals surface area (Å²) in [5, 5.41) is 2.93. The third kappa shape index (κ3) is 4.31. The second kappa shape index (κ2) is 8.47. The SMILES string of the molecule is CC(=O)c1cccc(OCC(=O)Nc2nc3ccccc3n2C2CCCCC2)c1. The Kier molecular flexibility index (Phi) is 5.60. The van der Waals surface area contributed by atoms with Gasteiger partial charge in [0.25, 0.3) is 5.91 Å². The van der Waals surface area contributed by atoms with E-state index in [-0.39, 0.29) is 18.3 Å². The van der Waals surface area contributed by atoms with Gasteiger partial charge >= 0.3 is 0 Å². The summed E-state index contributed by atoms with van der Waals surface area (Å²) >= 11 is 0. The predicted molar refractivity (Wildman–Crippen MR) is 112 cm³/mol. The zero-order valence-electron chi connectivity index (χ0n) is 16.6. The molecule has 1 aromatic heterocycles. The van der Waals surface area contributed by atoms with E-state index in [1.807, 2.05) is 18.2 Å². The highest BCUT2D eigenvalue weighted by molar-refractivity contribution is 5.94. The number of amides is 1. The molecule has 0 unspecified atom stereocenters. The average Bonchev–Trinajstić information content (AvgIpc) is 3.10. The number of ether oxygens (including phenoxy) is 1. The molecular formula is C23H25N3O3. The Bertz CT molecular complexity index is 1030. The van der Waals surface area contributed by atoms with Crippen molar-refractivity contribution in [3.8, 4) is 5.75 Å². The van der Waals surface area contributed by atoms with Crippen molar-refractivity contribution < 1.29 is 14.3 Å². The molecule has 1 aliphatic rings. The first kappa shape index (κ1) is 19.2. The first-order chi connectivity index (χ1) is 14.1. The van der Waals surface area contributed by atoms with Crippen LogP contribution in [0, 0.1) is 0 Å². The zero-order valence-corrected chi connectivity index (χ0v) is 16.6. The Morgan fingerprint density at radius 1 is 1.10 bits per heavy atom. The Labute approximate surface area is 169 Å². The number of Topliss-reactive ketones (excluding diaryl/α,β-unsaturated/α-hetero) is 1. The van der Waals surface area contributed by atoms with E-state index < -0.39 is 0 Å². The van der Waals surface area contributed by atoms with Crippen molar-refractivity contribution in [2.45, 2.75) is 45.1 Å². The van der Waals surface area contributed by atoms with Gasteiger partial charge in [0.1, 0.15) is 5.75 Å². The number of ketones is 1. The second-order valence-corrected chi connectivity index (χ2v) is 7.51. The molecule has 2 aromatic carbocycles. The summed E-state index contributed by atoms with van der Waals surface area (Å²) in [6.45, 7) is 1.36. The maximum absolute atomic E-state index is 12.6. The Morgan fingerprint density at radius 2 is 1.90 bits per heavy atom. The van der Waals surface area contributed by atoms with E-state index in [0.717, 1.165) is 23.9 Å². The summed E-state index contributed by atoms with van der Waals surface area (Å²) in [6.07, 6.45) is 5.84. The minimum Gasteiger partial charge on any atom is -0.484 e. The lowest BCUT2D eigenvalue weighted by Gasteiger charge is -2.25. The largest absolute Gasteiger partial charge is 0.484 e. The van der Waals surface area contributed by atoms with Crippen molar-refractivity contribution in [3.63, 3.8) is 0 Å². The van der Waals surface area contributed by atoms with Crippen LogP contribution in [-0.4, -0.2) is 27.8 Å². The van der Waals surface area contributed by atoms with Crippen LogP contribution in [0.3, 0.4) is 0 Å². The average molecular weight is 391 g/mol. The van der Waals surface area contributed by atoms with Crippen LogP contribution in [0.15, 0.2) is 48.5 Å². The number of fused-ring (bicyclic) bond motifs is 1. The van der Waals surface area contributed by atoms with Crippen LogP contribution in [0.5, 0.6) is 5.75 Å². The number of carbonyl (C=O) groups is 2. The van der Waals surface area contributed by atoms with E-state index in [0.29, 0.717) is 23.3 Å². The summed E-state index contributed by atoms with van der Waals surface area (Å²) in [5.74, 6) is 0.754. The van der Waals surface area contributed by atoms with Gasteiger partial charge in [-0.1, -0.05) is 43.5 Å². The summed E-state index contributed by atoms with van der Waals surface area (Å²) in [6, 6.07) is 15.2. The quantitative estimate of drug-likeness (QED) is 0.615. The Morgan fingerprint density at radius 3 is 2.69 bits per heavy atom. The highest BCUT2D eigenvalue weighted by Gasteiger charge is 2.22. The molecule has 0 atom stereocenters. The minimum absolute atomic E-state index is 0.0406. The maximum Gasteiger partial charge on any atom is 0.264 e. The van der Waals surface area contributed by atoms with E-state index in [1.54, 1.807) is 24.3 Å². The van der Waals surface area contributed by atoms with Crippen LogP contribution in [-0.2, 0) is 4.79 Å². The normalized spacial score (nSPS) is 14.7.